The van der Waals surface area contributed by atoms with Crippen molar-refractivity contribution in [2.75, 3.05) is 37.1 Å². The molecule has 6 nitrogen and oxygen atoms in total. The van der Waals surface area contributed by atoms with Crippen molar-refractivity contribution in [3.63, 3.8) is 0 Å². The molecule has 1 N–H and O–H groups in total. The summed E-state index contributed by atoms with van der Waals surface area (Å²) in [5, 5.41) is 2.94. The van der Waals surface area contributed by atoms with E-state index in [1.807, 2.05) is 58.0 Å². The second-order valence-corrected chi connectivity index (χ2v) is 11.0. The summed E-state index contributed by atoms with van der Waals surface area (Å²) in [7, 11) is 0.573. The maximum absolute atomic E-state index is 12.3. The molecule has 1 fully saturated rings. The van der Waals surface area contributed by atoms with Crippen molar-refractivity contribution in [3.8, 4) is 0 Å². The Morgan fingerprint density at radius 1 is 1.22 bits per heavy atom. The molecule has 0 radical (unpaired) electrons. The van der Waals surface area contributed by atoms with Crippen LogP contribution in [0.1, 0.15) is 45.6 Å². The second-order valence-electron chi connectivity index (χ2n) is 9.02. The zero-order valence-electron chi connectivity index (χ0n) is 17.4. The molecule has 0 atom stereocenters. The molecule has 1 aromatic rings. The first kappa shape index (κ1) is 21.7. The predicted molar refractivity (Wildman–Crippen MR) is 111 cm³/mol. The molecule has 0 heterocycles. The van der Waals surface area contributed by atoms with Gasteiger partial charge in [-0.15, -0.1) is 0 Å². The number of anilines is 2. The van der Waals surface area contributed by atoms with Crippen molar-refractivity contribution in [1.29, 1.82) is 0 Å². The van der Waals surface area contributed by atoms with Crippen molar-refractivity contribution in [2.45, 2.75) is 46.6 Å². The quantitative estimate of drug-likeness (QED) is 0.733. The van der Waals surface area contributed by atoms with Gasteiger partial charge in [0, 0.05) is 45.0 Å². The van der Waals surface area contributed by atoms with Gasteiger partial charge >= 0.3 is 0 Å². The topological polar surface area (TPSA) is 69.7 Å². The van der Waals surface area contributed by atoms with E-state index < -0.39 is 10.0 Å². The Labute approximate surface area is 164 Å². The van der Waals surface area contributed by atoms with E-state index in [0.717, 1.165) is 24.1 Å². The number of sulfonamides is 1. The highest BCUT2D eigenvalue weighted by atomic mass is 32.2. The third-order valence-electron chi connectivity index (χ3n) is 4.51. The molecular weight excluding hydrogens is 362 g/mol. The minimum atomic E-state index is -3.29. The van der Waals surface area contributed by atoms with Crippen molar-refractivity contribution in [2.24, 2.45) is 11.3 Å². The average molecular weight is 396 g/mol. The van der Waals surface area contributed by atoms with Crippen LogP contribution in [0.4, 0.5) is 11.4 Å². The van der Waals surface area contributed by atoms with Crippen LogP contribution in [0.2, 0.25) is 0 Å². The van der Waals surface area contributed by atoms with Crippen LogP contribution in [0.25, 0.3) is 0 Å². The number of hydrogen-bond acceptors (Lipinski definition) is 4. The zero-order valence-corrected chi connectivity index (χ0v) is 18.2. The van der Waals surface area contributed by atoms with Gasteiger partial charge in [0.05, 0.1) is 6.26 Å². The van der Waals surface area contributed by atoms with Gasteiger partial charge in [0.15, 0.2) is 0 Å². The number of nitrogens with zero attached hydrogens (tertiary/aromatic N) is 2. The summed E-state index contributed by atoms with van der Waals surface area (Å²) in [5.74, 6) is 0.432. The summed E-state index contributed by atoms with van der Waals surface area (Å²) in [4.78, 5) is 14.2. The minimum absolute atomic E-state index is 0.0380. The van der Waals surface area contributed by atoms with Crippen molar-refractivity contribution in [1.82, 2.24) is 4.31 Å². The lowest BCUT2D eigenvalue weighted by Crippen LogP contribution is -2.32. The number of rotatable bonds is 8. The lowest BCUT2D eigenvalue weighted by molar-refractivity contribution is -0.117. The van der Waals surface area contributed by atoms with Gasteiger partial charge in [0.25, 0.3) is 0 Å². The molecule has 1 amide bonds. The number of benzene rings is 1. The normalized spacial score (nSPS) is 15.1. The molecule has 0 saturated heterocycles. The van der Waals surface area contributed by atoms with Gasteiger partial charge < -0.3 is 10.2 Å². The van der Waals surface area contributed by atoms with Gasteiger partial charge in [-0.25, -0.2) is 8.42 Å². The van der Waals surface area contributed by atoms with Crippen LogP contribution in [-0.4, -0.2) is 45.5 Å². The van der Waals surface area contributed by atoms with Crippen molar-refractivity contribution < 1.29 is 13.2 Å². The third-order valence-corrected chi connectivity index (χ3v) is 5.73. The molecule has 7 heteroatoms. The first-order chi connectivity index (χ1) is 12.3. The van der Waals surface area contributed by atoms with Gasteiger partial charge in [0.2, 0.25) is 15.9 Å². The Balaban J connectivity index is 2.25. The Morgan fingerprint density at radius 3 is 2.33 bits per heavy atom. The maximum Gasteiger partial charge on any atom is 0.224 e. The monoisotopic (exact) mass is 395 g/mol. The fraction of sp³-hybridized carbons (Fsp3) is 0.650. The molecule has 1 aliphatic carbocycles. The largest absolute Gasteiger partial charge is 0.377 e. The highest BCUT2D eigenvalue weighted by molar-refractivity contribution is 7.88. The third kappa shape index (κ3) is 7.14. The van der Waals surface area contributed by atoms with E-state index in [1.54, 1.807) is 4.31 Å². The fourth-order valence-corrected chi connectivity index (χ4v) is 3.86. The van der Waals surface area contributed by atoms with Crippen LogP contribution in [-0.2, 0) is 21.4 Å². The van der Waals surface area contributed by atoms with E-state index in [9.17, 15) is 13.2 Å². The predicted octanol–water partition coefficient (Wildman–Crippen LogP) is 3.30. The summed E-state index contributed by atoms with van der Waals surface area (Å²) < 4.78 is 26.0. The molecule has 152 valence electrons. The Bertz CT molecular complexity index is 778. The van der Waals surface area contributed by atoms with E-state index in [1.165, 1.54) is 6.26 Å². The number of amides is 1. The van der Waals surface area contributed by atoms with Crippen LogP contribution in [0, 0.1) is 11.3 Å². The van der Waals surface area contributed by atoms with Gasteiger partial charge in [-0.05, 0) is 47.9 Å². The Hall–Kier alpha value is -1.60. The van der Waals surface area contributed by atoms with Crippen LogP contribution < -0.4 is 10.2 Å². The summed E-state index contributed by atoms with van der Waals surface area (Å²) in [6, 6.07) is 5.69. The van der Waals surface area contributed by atoms with Crippen LogP contribution in [0.3, 0.4) is 0 Å². The van der Waals surface area contributed by atoms with Crippen LogP contribution in [0.15, 0.2) is 18.2 Å². The van der Waals surface area contributed by atoms with Gasteiger partial charge in [-0.3, -0.25) is 4.79 Å². The summed E-state index contributed by atoms with van der Waals surface area (Å²) >= 11 is 0. The second kappa shape index (κ2) is 8.19. The highest BCUT2D eigenvalue weighted by Gasteiger charge is 2.29. The smallest absolute Gasteiger partial charge is 0.224 e. The molecule has 27 heavy (non-hydrogen) atoms. The van der Waals surface area contributed by atoms with E-state index in [4.69, 9.17) is 0 Å². The standard InChI is InChI=1S/C20H33N3O3S/c1-20(2,3)12-19(24)21-17-9-10-18(22(4)5)16(11-17)14-23(27(6,25)26)13-15-7-8-15/h9-11,15H,7-8,12-14H2,1-6H3,(H,21,24). The lowest BCUT2D eigenvalue weighted by atomic mass is 9.92. The van der Waals surface area contributed by atoms with Crippen LogP contribution in [0.5, 0.6) is 0 Å². The number of carbonyl (C=O) groups excluding carboxylic acids is 1. The summed E-state index contributed by atoms with van der Waals surface area (Å²) in [6.07, 6.45) is 3.87. The van der Waals surface area contributed by atoms with Crippen molar-refractivity contribution in [3.05, 3.63) is 23.8 Å². The minimum Gasteiger partial charge on any atom is -0.377 e. The van der Waals surface area contributed by atoms with Gasteiger partial charge in [0.1, 0.15) is 0 Å². The lowest BCUT2D eigenvalue weighted by Gasteiger charge is -2.25. The molecule has 0 unspecified atom stereocenters. The summed E-state index contributed by atoms with van der Waals surface area (Å²) in [6.45, 7) is 6.94. The number of hydrogen-bond donors (Lipinski definition) is 1. The SMILES string of the molecule is CN(C)c1ccc(NC(=O)CC(C)(C)C)cc1CN(CC1CC1)S(C)(=O)=O. The van der Waals surface area contributed by atoms with Crippen LogP contribution >= 0.6 is 0 Å². The molecule has 0 aromatic heterocycles. The molecular formula is C20H33N3O3S. The number of carbonyl (C=O) groups is 1. The van der Waals surface area contributed by atoms with Crippen molar-refractivity contribution >= 4 is 27.3 Å². The molecule has 0 aliphatic heterocycles. The van der Waals surface area contributed by atoms with E-state index in [2.05, 4.69) is 5.32 Å². The summed E-state index contributed by atoms with van der Waals surface area (Å²) in [5.41, 5.74) is 2.45. The molecule has 0 spiro atoms. The molecule has 2 rings (SSSR count). The fourth-order valence-electron chi connectivity index (χ4n) is 3.01. The van der Waals surface area contributed by atoms with Gasteiger partial charge in [-0.1, -0.05) is 20.8 Å². The average Bonchev–Trinajstić information content (AvgIpc) is 3.27. The Morgan fingerprint density at radius 2 is 1.85 bits per heavy atom. The number of nitrogens with one attached hydrogen (secondary N) is 1. The molecule has 1 aliphatic rings. The van der Waals surface area contributed by atoms with Gasteiger partial charge in [-0.2, -0.15) is 4.31 Å². The van der Waals surface area contributed by atoms with E-state index in [0.29, 0.717) is 31.1 Å². The molecule has 1 saturated carbocycles. The first-order valence-electron chi connectivity index (χ1n) is 9.40. The molecule has 1 aromatic carbocycles. The first-order valence-corrected chi connectivity index (χ1v) is 11.3. The highest BCUT2D eigenvalue weighted by Crippen LogP contribution is 2.32. The Kier molecular flexibility index (Phi) is 6.58. The van der Waals surface area contributed by atoms with E-state index >= 15 is 0 Å². The van der Waals surface area contributed by atoms with E-state index in [-0.39, 0.29) is 11.3 Å². The molecule has 0 bridgehead atoms. The zero-order chi connectivity index (χ0) is 20.4. The maximum atomic E-state index is 12.3.